The quantitative estimate of drug-likeness (QED) is 0.637. The predicted molar refractivity (Wildman–Crippen MR) is 74.9 cm³/mol. The molecule has 0 radical (unpaired) electrons. The molecule has 0 saturated heterocycles. The Labute approximate surface area is 117 Å². The van der Waals surface area contributed by atoms with E-state index in [4.69, 9.17) is 5.11 Å². The van der Waals surface area contributed by atoms with Crippen LogP contribution < -0.4 is 5.32 Å². The lowest BCUT2D eigenvalue weighted by Gasteiger charge is -2.30. The number of non-ortho nitro benzene ring substituents is 1. The van der Waals surface area contributed by atoms with Crippen LogP contribution >= 0.6 is 0 Å². The molecule has 1 aromatic rings. The molecule has 0 bridgehead atoms. The number of anilines is 1. The Balaban J connectivity index is 2.27. The topological polar surface area (TPSA) is 92.5 Å². The van der Waals surface area contributed by atoms with Gasteiger partial charge in [0.1, 0.15) is 0 Å². The van der Waals surface area contributed by atoms with Gasteiger partial charge >= 0.3 is 5.97 Å². The first-order valence-electron chi connectivity index (χ1n) is 6.66. The second kappa shape index (κ2) is 5.48. The number of nitro groups is 1. The molecule has 6 heteroatoms. The van der Waals surface area contributed by atoms with E-state index in [0.29, 0.717) is 5.69 Å². The third kappa shape index (κ3) is 3.26. The van der Waals surface area contributed by atoms with Crippen LogP contribution in [0, 0.1) is 17.0 Å². The maximum atomic E-state index is 11.0. The number of carbonyl (C=O) groups is 1. The summed E-state index contributed by atoms with van der Waals surface area (Å²) in [6.45, 7) is 1.79. The molecule has 0 heterocycles. The monoisotopic (exact) mass is 278 g/mol. The molecule has 0 aliphatic heterocycles. The first kappa shape index (κ1) is 14.3. The van der Waals surface area contributed by atoms with Crippen molar-refractivity contribution < 1.29 is 14.8 Å². The molecule has 1 fully saturated rings. The molecule has 0 aromatic heterocycles. The SMILES string of the molecule is Cc1cc(NC2(CC(=O)O)CCCC2)cc([N+](=O)[O-])c1. The minimum atomic E-state index is -0.846. The van der Waals surface area contributed by atoms with E-state index in [2.05, 4.69) is 5.32 Å². The van der Waals surface area contributed by atoms with Crippen molar-refractivity contribution in [1.29, 1.82) is 0 Å². The molecular weight excluding hydrogens is 260 g/mol. The highest BCUT2D eigenvalue weighted by molar-refractivity contribution is 5.70. The van der Waals surface area contributed by atoms with Crippen molar-refractivity contribution in [3.63, 3.8) is 0 Å². The highest BCUT2D eigenvalue weighted by Gasteiger charge is 2.36. The van der Waals surface area contributed by atoms with Gasteiger partial charge in [-0.05, 0) is 31.4 Å². The first-order valence-corrected chi connectivity index (χ1v) is 6.66. The van der Waals surface area contributed by atoms with E-state index in [9.17, 15) is 14.9 Å². The van der Waals surface area contributed by atoms with Crippen LogP contribution in [0.2, 0.25) is 0 Å². The number of benzene rings is 1. The van der Waals surface area contributed by atoms with Crippen molar-refractivity contribution in [3.05, 3.63) is 33.9 Å². The Morgan fingerprint density at radius 2 is 2.05 bits per heavy atom. The Hall–Kier alpha value is -2.11. The van der Waals surface area contributed by atoms with Crippen molar-refractivity contribution >= 4 is 17.3 Å². The van der Waals surface area contributed by atoms with Gasteiger partial charge in [-0.25, -0.2) is 0 Å². The number of aryl methyl sites for hydroxylation is 1. The Morgan fingerprint density at radius 1 is 1.40 bits per heavy atom. The summed E-state index contributed by atoms with van der Waals surface area (Å²) in [6.07, 6.45) is 3.55. The minimum absolute atomic E-state index is 0.0240. The zero-order chi connectivity index (χ0) is 14.8. The standard InChI is InChI=1S/C14H18N2O4/c1-10-6-11(8-12(7-10)16(19)20)15-14(9-13(17)18)4-2-3-5-14/h6-8,15H,2-5,9H2,1H3,(H,17,18). The van der Waals surface area contributed by atoms with Crippen LogP contribution in [0.5, 0.6) is 0 Å². The van der Waals surface area contributed by atoms with E-state index >= 15 is 0 Å². The summed E-state index contributed by atoms with van der Waals surface area (Å²) < 4.78 is 0. The molecule has 0 amide bonds. The van der Waals surface area contributed by atoms with E-state index in [0.717, 1.165) is 31.2 Å². The first-order chi connectivity index (χ1) is 9.40. The molecule has 2 rings (SSSR count). The maximum Gasteiger partial charge on any atom is 0.305 e. The lowest BCUT2D eigenvalue weighted by Crippen LogP contribution is -2.37. The third-order valence-electron chi connectivity index (χ3n) is 3.73. The molecule has 2 N–H and O–H groups in total. The van der Waals surface area contributed by atoms with Gasteiger partial charge in [0.25, 0.3) is 5.69 Å². The molecular formula is C14H18N2O4. The van der Waals surface area contributed by atoms with E-state index in [1.165, 1.54) is 12.1 Å². The summed E-state index contributed by atoms with van der Waals surface area (Å²) in [4.78, 5) is 21.5. The molecule has 1 aliphatic rings. The molecule has 108 valence electrons. The van der Waals surface area contributed by atoms with Gasteiger partial charge in [0.2, 0.25) is 0 Å². The van der Waals surface area contributed by atoms with Crippen LogP contribution in [0.15, 0.2) is 18.2 Å². The van der Waals surface area contributed by atoms with Gasteiger partial charge in [-0.15, -0.1) is 0 Å². The minimum Gasteiger partial charge on any atom is -0.481 e. The molecule has 0 atom stereocenters. The zero-order valence-electron chi connectivity index (χ0n) is 11.4. The van der Waals surface area contributed by atoms with Gasteiger partial charge in [-0.1, -0.05) is 12.8 Å². The number of hydrogen-bond donors (Lipinski definition) is 2. The van der Waals surface area contributed by atoms with E-state index in [1.54, 1.807) is 6.92 Å². The molecule has 1 aromatic carbocycles. The van der Waals surface area contributed by atoms with Crippen LogP contribution in [0.1, 0.15) is 37.7 Å². The van der Waals surface area contributed by atoms with E-state index in [-0.39, 0.29) is 12.1 Å². The second-order valence-electron chi connectivity index (χ2n) is 5.50. The molecule has 0 spiro atoms. The number of carboxylic acids is 1. The van der Waals surface area contributed by atoms with Crippen molar-refractivity contribution in [3.8, 4) is 0 Å². The van der Waals surface area contributed by atoms with Gasteiger partial charge in [0.05, 0.1) is 11.3 Å². The van der Waals surface area contributed by atoms with Crippen LogP contribution in [0.25, 0.3) is 0 Å². The Bertz CT molecular complexity index is 536. The number of nitro benzene ring substituents is 1. The lowest BCUT2D eigenvalue weighted by atomic mass is 9.92. The van der Waals surface area contributed by atoms with Crippen LogP contribution in [-0.2, 0) is 4.79 Å². The largest absolute Gasteiger partial charge is 0.481 e. The zero-order valence-corrected chi connectivity index (χ0v) is 11.4. The summed E-state index contributed by atoms with van der Waals surface area (Å²) in [6, 6.07) is 4.79. The fourth-order valence-corrected chi connectivity index (χ4v) is 2.93. The summed E-state index contributed by atoms with van der Waals surface area (Å²) in [5, 5.41) is 23.2. The predicted octanol–water partition coefficient (Wildman–Crippen LogP) is 3.10. The fraction of sp³-hybridized carbons (Fsp3) is 0.500. The molecule has 1 aliphatic carbocycles. The van der Waals surface area contributed by atoms with Gasteiger partial charge in [0, 0.05) is 23.4 Å². The van der Waals surface area contributed by atoms with Crippen molar-refractivity contribution in [2.75, 3.05) is 5.32 Å². The van der Waals surface area contributed by atoms with Gasteiger partial charge < -0.3 is 10.4 Å². The number of hydrogen-bond acceptors (Lipinski definition) is 4. The maximum absolute atomic E-state index is 11.0. The van der Waals surface area contributed by atoms with Crippen LogP contribution in [0.4, 0.5) is 11.4 Å². The van der Waals surface area contributed by atoms with Crippen molar-refractivity contribution in [2.24, 2.45) is 0 Å². The molecule has 0 unspecified atom stereocenters. The summed E-state index contributed by atoms with van der Waals surface area (Å²) in [5.41, 5.74) is 0.953. The lowest BCUT2D eigenvalue weighted by molar-refractivity contribution is -0.384. The van der Waals surface area contributed by atoms with E-state index in [1.807, 2.05) is 6.07 Å². The molecule has 20 heavy (non-hydrogen) atoms. The third-order valence-corrected chi connectivity index (χ3v) is 3.73. The van der Waals surface area contributed by atoms with Gasteiger partial charge in [-0.3, -0.25) is 14.9 Å². The number of nitrogens with zero attached hydrogens (tertiary/aromatic N) is 1. The van der Waals surface area contributed by atoms with Crippen LogP contribution in [0.3, 0.4) is 0 Å². The smallest absolute Gasteiger partial charge is 0.305 e. The number of carboxylic acid groups (broad SMARTS) is 1. The highest BCUT2D eigenvalue weighted by atomic mass is 16.6. The second-order valence-corrected chi connectivity index (χ2v) is 5.50. The number of rotatable bonds is 5. The Morgan fingerprint density at radius 3 is 2.60 bits per heavy atom. The van der Waals surface area contributed by atoms with Crippen LogP contribution in [-0.4, -0.2) is 21.5 Å². The summed E-state index contributed by atoms with van der Waals surface area (Å²) >= 11 is 0. The highest BCUT2D eigenvalue weighted by Crippen LogP contribution is 2.36. The average molecular weight is 278 g/mol. The summed E-state index contributed by atoms with van der Waals surface area (Å²) in [5.74, 6) is -0.846. The van der Waals surface area contributed by atoms with Gasteiger partial charge in [0.15, 0.2) is 0 Å². The number of nitrogens with one attached hydrogen (secondary N) is 1. The van der Waals surface area contributed by atoms with Crippen molar-refractivity contribution in [1.82, 2.24) is 0 Å². The Kier molecular flexibility index (Phi) is 3.92. The molecule has 6 nitrogen and oxygen atoms in total. The normalized spacial score (nSPS) is 16.9. The fourth-order valence-electron chi connectivity index (χ4n) is 2.93. The van der Waals surface area contributed by atoms with Crippen molar-refractivity contribution in [2.45, 2.75) is 44.6 Å². The average Bonchev–Trinajstić information content (AvgIpc) is 2.75. The molecule has 1 saturated carbocycles. The van der Waals surface area contributed by atoms with Gasteiger partial charge in [-0.2, -0.15) is 0 Å². The van der Waals surface area contributed by atoms with E-state index < -0.39 is 16.4 Å². The summed E-state index contributed by atoms with van der Waals surface area (Å²) in [7, 11) is 0. The number of aliphatic carboxylic acids is 1.